The van der Waals surface area contributed by atoms with Crippen molar-refractivity contribution >= 4 is 5.95 Å². The first-order valence-electron chi connectivity index (χ1n) is 9.52. The molecule has 0 N–H and O–H groups in total. The summed E-state index contributed by atoms with van der Waals surface area (Å²) in [6.45, 7) is 5.68. The molecule has 26 heavy (non-hydrogen) atoms. The van der Waals surface area contributed by atoms with Gasteiger partial charge in [-0.2, -0.15) is 0 Å². The van der Waals surface area contributed by atoms with Gasteiger partial charge in [-0.3, -0.25) is 4.90 Å². The highest BCUT2D eigenvalue weighted by Gasteiger charge is 2.21. The Hall–Kier alpha value is -2.12. The van der Waals surface area contributed by atoms with E-state index in [2.05, 4.69) is 24.8 Å². The first-order valence-corrected chi connectivity index (χ1v) is 9.52. The maximum Gasteiger partial charge on any atom is 0.225 e. The fraction of sp³-hybridized carbons (Fsp3) is 0.579. The monoisotopic (exact) mass is 354 g/mol. The third-order valence-corrected chi connectivity index (χ3v) is 5.06. The van der Waals surface area contributed by atoms with Crippen LogP contribution in [-0.2, 0) is 17.7 Å². The number of hydrogen-bond donors (Lipinski definition) is 0. The van der Waals surface area contributed by atoms with Crippen LogP contribution in [0.2, 0.25) is 0 Å². The van der Waals surface area contributed by atoms with Gasteiger partial charge in [0.1, 0.15) is 6.33 Å². The summed E-state index contributed by atoms with van der Waals surface area (Å²) in [5.41, 5.74) is 2.17. The molecule has 0 saturated carbocycles. The minimum Gasteiger partial charge on any atom is -0.376 e. The van der Waals surface area contributed by atoms with Crippen molar-refractivity contribution in [3.05, 3.63) is 42.2 Å². The molecular weight excluding hydrogens is 328 g/mol. The summed E-state index contributed by atoms with van der Waals surface area (Å²) in [6.07, 6.45) is 9.93. The van der Waals surface area contributed by atoms with Crippen molar-refractivity contribution in [1.82, 2.24) is 24.8 Å². The van der Waals surface area contributed by atoms with Crippen molar-refractivity contribution < 1.29 is 4.74 Å². The summed E-state index contributed by atoms with van der Waals surface area (Å²) >= 11 is 0. The average molecular weight is 354 g/mol. The fourth-order valence-corrected chi connectivity index (χ4v) is 3.64. The third-order valence-electron chi connectivity index (χ3n) is 5.06. The second kappa shape index (κ2) is 8.51. The highest BCUT2D eigenvalue weighted by molar-refractivity contribution is 5.31. The molecular formula is C19H26N6O. The predicted octanol–water partition coefficient (Wildman–Crippen LogP) is 1.70. The van der Waals surface area contributed by atoms with E-state index in [1.165, 1.54) is 12.8 Å². The van der Waals surface area contributed by atoms with E-state index >= 15 is 0 Å². The smallest absolute Gasteiger partial charge is 0.225 e. The Bertz CT molecular complexity index is 691. The van der Waals surface area contributed by atoms with Crippen LogP contribution in [0.4, 0.5) is 5.95 Å². The Morgan fingerprint density at radius 3 is 2.77 bits per heavy atom. The Morgan fingerprint density at radius 1 is 1.04 bits per heavy atom. The van der Waals surface area contributed by atoms with Crippen molar-refractivity contribution in [3.63, 3.8) is 0 Å². The summed E-state index contributed by atoms with van der Waals surface area (Å²) in [6, 6.07) is 4.01. The molecule has 2 saturated heterocycles. The molecule has 0 bridgehead atoms. The van der Waals surface area contributed by atoms with Crippen molar-refractivity contribution in [2.24, 2.45) is 0 Å². The Morgan fingerprint density at radius 2 is 1.92 bits per heavy atom. The van der Waals surface area contributed by atoms with Crippen molar-refractivity contribution in [1.29, 1.82) is 0 Å². The van der Waals surface area contributed by atoms with Gasteiger partial charge in [0.2, 0.25) is 5.95 Å². The summed E-state index contributed by atoms with van der Waals surface area (Å²) < 4.78 is 5.95. The van der Waals surface area contributed by atoms with Gasteiger partial charge in [-0.15, -0.1) is 0 Å². The van der Waals surface area contributed by atoms with Crippen LogP contribution < -0.4 is 4.90 Å². The second-order valence-corrected chi connectivity index (χ2v) is 7.01. The molecule has 0 spiro atoms. The largest absolute Gasteiger partial charge is 0.376 e. The van der Waals surface area contributed by atoms with E-state index < -0.39 is 0 Å². The minimum absolute atomic E-state index is 0.249. The molecule has 138 valence electrons. The first-order chi connectivity index (χ1) is 12.9. The summed E-state index contributed by atoms with van der Waals surface area (Å²) in [5, 5.41) is 0. The first kappa shape index (κ1) is 17.3. The zero-order chi connectivity index (χ0) is 17.6. The fourth-order valence-electron chi connectivity index (χ4n) is 3.64. The lowest BCUT2D eigenvalue weighted by atomic mass is 10.1. The number of ether oxygens (including phenoxy) is 1. The second-order valence-electron chi connectivity index (χ2n) is 7.01. The molecule has 0 radical (unpaired) electrons. The van der Waals surface area contributed by atoms with Gasteiger partial charge in [0, 0.05) is 50.8 Å². The summed E-state index contributed by atoms with van der Waals surface area (Å²) in [4.78, 5) is 22.2. The molecule has 7 nitrogen and oxygen atoms in total. The van der Waals surface area contributed by atoms with Gasteiger partial charge in [0.25, 0.3) is 0 Å². The van der Waals surface area contributed by atoms with E-state index in [9.17, 15) is 0 Å². The maximum absolute atomic E-state index is 5.95. The van der Waals surface area contributed by atoms with Crippen LogP contribution >= 0.6 is 0 Å². The lowest BCUT2D eigenvalue weighted by molar-refractivity contribution is -0.0350. The van der Waals surface area contributed by atoms with Crippen LogP contribution in [0.25, 0.3) is 0 Å². The maximum atomic E-state index is 5.95. The molecule has 0 unspecified atom stereocenters. The molecule has 0 aliphatic carbocycles. The quantitative estimate of drug-likeness (QED) is 0.782. The molecule has 4 rings (SSSR count). The lowest BCUT2D eigenvalue weighted by Crippen LogP contribution is -2.42. The molecule has 2 fully saturated rings. The zero-order valence-corrected chi connectivity index (χ0v) is 15.1. The van der Waals surface area contributed by atoms with E-state index in [0.717, 1.165) is 69.5 Å². The minimum atomic E-state index is 0.249. The van der Waals surface area contributed by atoms with Gasteiger partial charge in [0.15, 0.2) is 0 Å². The van der Waals surface area contributed by atoms with Gasteiger partial charge in [-0.05, 0) is 37.8 Å². The third kappa shape index (κ3) is 4.53. The summed E-state index contributed by atoms with van der Waals surface area (Å²) in [7, 11) is 0. The van der Waals surface area contributed by atoms with E-state index in [1.807, 2.05) is 18.3 Å². The van der Waals surface area contributed by atoms with E-state index in [4.69, 9.17) is 9.72 Å². The van der Waals surface area contributed by atoms with Crippen LogP contribution in [0, 0.1) is 0 Å². The van der Waals surface area contributed by atoms with Crippen LogP contribution in [-0.4, -0.2) is 63.7 Å². The highest BCUT2D eigenvalue weighted by Crippen LogP contribution is 2.17. The van der Waals surface area contributed by atoms with Crippen LogP contribution in [0.1, 0.15) is 30.7 Å². The molecule has 4 heterocycles. The van der Waals surface area contributed by atoms with Gasteiger partial charge in [-0.25, -0.2) is 19.9 Å². The highest BCUT2D eigenvalue weighted by atomic mass is 16.5. The van der Waals surface area contributed by atoms with Crippen LogP contribution in [0.15, 0.2) is 30.9 Å². The Balaban J connectivity index is 1.31. The number of aromatic nitrogens is 4. The van der Waals surface area contributed by atoms with Gasteiger partial charge in [0.05, 0.1) is 18.4 Å². The van der Waals surface area contributed by atoms with Crippen molar-refractivity contribution in [3.8, 4) is 0 Å². The molecule has 2 aliphatic rings. The number of aryl methyl sites for hydroxylation is 1. The predicted molar refractivity (Wildman–Crippen MR) is 98.8 cm³/mol. The number of morpholine rings is 1. The number of hydrogen-bond acceptors (Lipinski definition) is 7. The molecule has 2 aromatic heterocycles. The van der Waals surface area contributed by atoms with Gasteiger partial charge < -0.3 is 9.64 Å². The SMILES string of the molecule is c1cc(CC[C@@H]2CN(Cc3ccnc(N4CCCC4)n3)CCO2)ncn1. The molecule has 2 aromatic rings. The molecule has 0 amide bonds. The molecule has 7 heteroatoms. The van der Waals surface area contributed by atoms with E-state index in [-0.39, 0.29) is 6.10 Å². The summed E-state index contributed by atoms with van der Waals surface area (Å²) in [5.74, 6) is 0.883. The van der Waals surface area contributed by atoms with Gasteiger partial charge >= 0.3 is 0 Å². The average Bonchev–Trinajstić information content (AvgIpc) is 3.23. The number of rotatable bonds is 6. The van der Waals surface area contributed by atoms with E-state index in [0.29, 0.717) is 0 Å². The van der Waals surface area contributed by atoms with Gasteiger partial charge in [-0.1, -0.05) is 0 Å². The lowest BCUT2D eigenvalue weighted by Gasteiger charge is -2.32. The topological polar surface area (TPSA) is 67.3 Å². The number of anilines is 1. The standard InChI is InChI=1S/C19H26N6O/c1-2-10-25(9-1)19-21-8-6-17(23-19)13-24-11-12-26-18(14-24)4-3-16-5-7-20-15-22-16/h5-8,15,18H,1-4,9-14H2/t18-/m1/s1. The van der Waals surface area contributed by atoms with Crippen molar-refractivity contribution in [2.45, 2.75) is 38.3 Å². The Kier molecular flexibility index (Phi) is 5.66. The molecule has 0 aromatic carbocycles. The normalized spacial score (nSPS) is 21.2. The van der Waals surface area contributed by atoms with Crippen LogP contribution in [0.5, 0.6) is 0 Å². The van der Waals surface area contributed by atoms with Crippen LogP contribution in [0.3, 0.4) is 0 Å². The Labute approximate surface area is 154 Å². The number of nitrogens with zero attached hydrogens (tertiary/aromatic N) is 6. The van der Waals surface area contributed by atoms with E-state index in [1.54, 1.807) is 12.5 Å². The molecule has 2 aliphatic heterocycles. The zero-order valence-electron chi connectivity index (χ0n) is 15.1. The van der Waals surface area contributed by atoms with Crippen molar-refractivity contribution in [2.75, 3.05) is 37.7 Å². The molecule has 1 atom stereocenters.